The van der Waals surface area contributed by atoms with E-state index in [0.29, 0.717) is 24.5 Å². The van der Waals surface area contributed by atoms with Crippen LogP contribution in [0, 0.1) is 5.92 Å². The zero-order chi connectivity index (χ0) is 21.7. The standard InChI is InChI=1S/C21H29N5O3S/c1-4-26(5-2)30(28,29)18-8-6-17(7-9-18)21(27)24-19-14-20(23-15-22-19)25-12-10-16(3)11-13-25/h6-9,14-16H,4-5,10-13H2,1-3H3,(H,22,23,24,27). The summed E-state index contributed by atoms with van der Waals surface area (Å²) in [5.41, 5.74) is 0.362. The van der Waals surface area contributed by atoms with E-state index in [4.69, 9.17) is 0 Å². The van der Waals surface area contributed by atoms with E-state index in [1.807, 2.05) is 0 Å². The lowest BCUT2D eigenvalue weighted by Gasteiger charge is -2.31. The van der Waals surface area contributed by atoms with E-state index >= 15 is 0 Å². The van der Waals surface area contributed by atoms with Crippen LogP contribution in [0.4, 0.5) is 11.6 Å². The van der Waals surface area contributed by atoms with Crippen LogP contribution in [0.25, 0.3) is 0 Å². The third-order valence-electron chi connectivity index (χ3n) is 5.46. The number of anilines is 2. The number of carbonyl (C=O) groups excluding carboxylic acids is 1. The van der Waals surface area contributed by atoms with E-state index in [1.54, 1.807) is 19.9 Å². The van der Waals surface area contributed by atoms with Crippen LogP contribution >= 0.6 is 0 Å². The number of aromatic nitrogens is 2. The molecule has 8 nitrogen and oxygen atoms in total. The number of hydrogen-bond donors (Lipinski definition) is 1. The molecule has 1 aliphatic heterocycles. The maximum absolute atomic E-state index is 12.6. The Morgan fingerprint density at radius 3 is 2.37 bits per heavy atom. The first-order valence-electron chi connectivity index (χ1n) is 10.3. The summed E-state index contributed by atoms with van der Waals surface area (Å²) in [5.74, 6) is 1.59. The predicted molar refractivity (Wildman–Crippen MR) is 117 cm³/mol. The van der Waals surface area contributed by atoms with Crippen molar-refractivity contribution in [3.8, 4) is 0 Å². The van der Waals surface area contributed by atoms with Crippen molar-refractivity contribution < 1.29 is 13.2 Å². The molecule has 0 bridgehead atoms. The molecule has 0 spiro atoms. The lowest BCUT2D eigenvalue weighted by molar-refractivity contribution is 0.102. The van der Waals surface area contributed by atoms with Crippen molar-refractivity contribution in [2.75, 3.05) is 36.4 Å². The average Bonchev–Trinajstić information content (AvgIpc) is 2.75. The smallest absolute Gasteiger partial charge is 0.256 e. The van der Waals surface area contributed by atoms with Crippen LogP contribution in [0.3, 0.4) is 0 Å². The highest BCUT2D eigenvalue weighted by atomic mass is 32.2. The summed E-state index contributed by atoms with van der Waals surface area (Å²) in [6.07, 6.45) is 3.69. The predicted octanol–water partition coefficient (Wildman–Crippen LogP) is 3.00. The number of carbonyl (C=O) groups is 1. The van der Waals surface area contributed by atoms with Crippen LogP contribution in [0.15, 0.2) is 41.6 Å². The van der Waals surface area contributed by atoms with Crippen molar-refractivity contribution in [2.24, 2.45) is 5.92 Å². The Hall–Kier alpha value is -2.52. The molecule has 3 rings (SSSR count). The molecule has 1 aliphatic rings. The summed E-state index contributed by atoms with van der Waals surface area (Å²) < 4.78 is 26.5. The van der Waals surface area contributed by atoms with Gasteiger partial charge < -0.3 is 10.2 Å². The number of benzene rings is 1. The second-order valence-corrected chi connectivity index (χ2v) is 9.44. The normalized spacial score (nSPS) is 15.4. The average molecular weight is 432 g/mol. The maximum Gasteiger partial charge on any atom is 0.256 e. The summed E-state index contributed by atoms with van der Waals surface area (Å²) in [4.78, 5) is 23.5. The van der Waals surface area contributed by atoms with Crippen LogP contribution < -0.4 is 10.2 Å². The zero-order valence-electron chi connectivity index (χ0n) is 17.7. The molecule has 1 saturated heterocycles. The van der Waals surface area contributed by atoms with Gasteiger partial charge in [0.15, 0.2) is 0 Å². The Morgan fingerprint density at radius 1 is 1.13 bits per heavy atom. The summed E-state index contributed by atoms with van der Waals surface area (Å²) in [7, 11) is -3.55. The fourth-order valence-corrected chi connectivity index (χ4v) is 4.96. The van der Waals surface area contributed by atoms with Crippen LogP contribution in [0.1, 0.15) is 44.0 Å². The molecule has 9 heteroatoms. The number of nitrogens with one attached hydrogen (secondary N) is 1. The fourth-order valence-electron chi connectivity index (χ4n) is 3.51. The van der Waals surface area contributed by atoms with Crippen LogP contribution in [0.2, 0.25) is 0 Å². The number of nitrogens with zero attached hydrogens (tertiary/aromatic N) is 4. The largest absolute Gasteiger partial charge is 0.356 e. The molecule has 2 heterocycles. The van der Waals surface area contributed by atoms with Gasteiger partial charge in [0.1, 0.15) is 18.0 Å². The topological polar surface area (TPSA) is 95.5 Å². The van der Waals surface area contributed by atoms with Gasteiger partial charge in [0, 0.05) is 37.8 Å². The van der Waals surface area contributed by atoms with Crippen molar-refractivity contribution in [1.82, 2.24) is 14.3 Å². The van der Waals surface area contributed by atoms with Gasteiger partial charge in [-0.15, -0.1) is 0 Å². The molecule has 0 atom stereocenters. The second kappa shape index (κ2) is 9.53. The Labute approximate surface area is 178 Å². The van der Waals surface area contributed by atoms with E-state index < -0.39 is 10.0 Å². The first kappa shape index (κ1) is 22.2. The summed E-state index contributed by atoms with van der Waals surface area (Å²) in [6.45, 7) is 8.51. The first-order chi connectivity index (χ1) is 14.3. The molecule has 0 aliphatic carbocycles. The number of piperidine rings is 1. The number of hydrogen-bond acceptors (Lipinski definition) is 6. The first-order valence-corrected chi connectivity index (χ1v) is 11.8. The van der Waals surface area contributed by atoms with E-state index in [9.17, 15) is 13.2 Å². The third-order valence-corrected chi connectivity index (χ3v) is 7.53. The van der Waals surface area contributed by atoms with Crippen LogP contribution in [-0.2, 0) is 10.0 Å². The second-order valence-electron chi connectivity index (χ2n) is 7.50. The van der Waals surface area contributed by atoms with E-state index in [1.165, 1.54) is 34.9 Å². The molecule has 0 unspecified atom stereocenters. The van der Waals surface area contributed by atoms with Gasteiger partial charge >= 0.3 is 0 Å². The van der Waals surface area contributed by atoms with Crippen molar-refractivity contribution in [2.45, 2.75) is 38.5 Å². The monoisotopic (exact) mass is 431 g/mol. The third kappa shape index (κ3) is 4.96. The minimum absolute atomic E-state index is 0.173. The highest BCUT2D eigenvalue weighted by Crippen LogP contribution is 2.23. The van der Waals surface area contributed by atoms with Gasteiger partial charge in [-0.05, 0) is 43.0 Å². The summed E-state index contributed by atoms with van der Waals surface area (Å²) in [5, 5.41) is 2.77. The number of rotatable bonds is 7. The van der Waals surface area contributed by atoms with Gasteiger partial charge in [0.05, 0.1) is 4.90 Å². The van der Waals surface area contributed by atoms with Gasteiger partial charge in [-0.1, -0.05) is 20.8 Å². The van der Waals surface area contributed by atoms with Crippen molar-refractivity contribution in [3.63, 3.8) is 0 Å². The maximum atomic E-state index is 12.6. The molecular formula is C21H29N5O3S. The number of sulfonamides is 1. The molecular weight excluding hydrogens is 402 g/mol. The lowest BCUT2D eigenvalue weighted by Crippen LogP contribution is -2.33. The Bertz CT molecular complexity index is 966. The van der Waals surface area contributed by atoms with Gasteiger partial charge in [-0.25, -0.2) is 18.4 Å². The summed E-state index contributed by atoms with van der Waals surface area (Å²) >= 11 is 0. The molecule has 2 aromatic rings. The molecule has 1 amide bonds. The number of amides is 1. The van der Waals surface area contributed by atoms with Gasteiger partial charge in [-0.3, -0.25) is 4.79 Å². The van der Waals surface area contributed by atoms with Crippen molar-refractivity contribution in [1.29, 1.82) is 0 Å². The highest BCUT2D eigenvalue weighted by molar-refractivity contribution is 7.89. The minimum Gasteiger partial charge on any atom is -0.356 e. The molecule has 0 saturated carbocycles. The molecule has 30 heavy (non-hydrogen) atoms. The molecule has 0 radical (unpaired) electrons. The molecule has 1 aromatic carbocycles. The minimum atomic E-state index is -3.55. The lowest BCUT2D eigenvalue weighted by atomic mass is 9.99. The fraction of sp³-hybridized carbons (Fsp3) is 0.476. The zero-order valence-corrected chi connectivity index (χ0v) is 18.5. The van der Waals surface area contributed by atoms with Gasteiger partial charge in [0.2, 0.25) is 10.0 Å². The Balaban J connectivity index is 1.70. The van der Waals surface area contributed by atoms with Crippen molar-refractivity contribution in [3.05, 3.63) is 42.2 Å². The van der Waals surface area contributed by atoms with Crippen LogP contribution in [0.5, 0.6) is 0 Å². The van der Waals surface area contributed by atoms with Crippen LogP contribution in [-0.4, -0.2) is 54.8 Å². The Kier molecular flexibility index (Phi) is 7.04. The molecule has 1 fully saturated rings. The van der Waals surface area contributed by atoms with Gasteiger partial charge in [0.25, 0.3) is 5.91 Å². The SMILES string of the molecule is CCN(CC)S(=O)(=O)c1ccc(C(=O)Nc2cc(N3CCC(C)CC3)ncn2)cc1. The molecule has 162 valence electrons. The quantitative estimate of drug-likeness (QED) is 0.724. The Morgan fingerprint density at radius 2 is 1.77 bits per heavy atom. The van der Waals surface area contributed by atoms with E-state index in [0.717, 1.165) is 37.7 Å². The highest BCUT2D eigenvalue weighted by Gasteiger charge is 2.22. The molecule has 1 N–H and O–H groups in total. The van der Waals surface area contributed by atoms with E-state index in [2.05, 4.69) is 27.1 Å². The molecule has 1 aromatic heterocycles. The van der Waals surface area contributed by atoms with E-state index in [-0.39, 0.29) is 10.8 Å². The summed E-state index contributed by atoms with van der Waals surface area (Å²) in [6, 6.07) is 7.72. The van der Waals surface area contributed by atoms with Gasteiger partial charge in [-0.2, -0.15) is 4.31 Å². The van der Waals surface area contributed by atoms with Crippen molar-refractivity contribution >= 4 is 27.6 Å².